The number of allylic oxidation sites excluding steroid dienone is 1. The van der Waals surface area contributed by atoms with Crippen molar-refractivity contribution in [2.75, 3.05) is 12.8 Å². The van der Waals surface area contributed by atoms with Gasteiger partial charge < -0.3 is 29.0 Å². The molecule has 0 saturated heterocycles. The molecule has 1 atom stereocenters. The minimum Gasteiger partial charge on any atom is -0.476 e. The number of halogens is 3. The van der Waals surface area contributed by atoms with Crippen LogP contribution in [0.3, 0.4) is 0 Å². The summed E-state index contributed by atoms with van der Waals surface area (Å²) in [5, 5.41) is 11.8. The number of esters is 1. The summed E-state index contributed by atoms with van der Waals surface area (Å²) >= 11 is 0. The Bertz CT molecular complexity index is 2020. The van der Waals surface area contributed by atoms with Crippen LogP contribution in [0, 0.1) is 0 Å². The van der Waals surface area contributed by atoms with Crippen molar-refractivity contribution in [2.45, 2.75) is 56.8 Å². The molecule has 0 saturated carbocycles. The van der Waals surface area contributed by atoms with Crippen molar-refractivity contribution in [1.29, 1.82) is 0 Å². The van der Waals surface area contributed by atoms with Gasteiger partial charge in [0.2, 0.25) is 0 Å². The van der Waals surface area contributed by atoms with Gasteiger partial charge in [0.15, 0.2) is 21.2 Å². The molecule has 0 fully saturated rings. The first kappa shape index (κ1) is 32.6. The molecule has 0 radical (unpaired) electrons. The van der Waals surface area contributed by atoms with Crippen LogP contribution in [0.4, 0.5) is 13.2 Å². The number of hydrogen-bond donors (Lipinski definition) is 2. The molecule has 18 heteroatoms. The number of aromatic nitrogens is 5. The van der Waals surface area contributed by atoms with Crippen molar-refractivity contribution in [2.24, 2.45) is 4.99 Å². The number of nitrogens with zero attached hydrogens (tertiary/aromatic N) is 7. The van der Waals surface area contributed by atoms with E-state index < -0.39 is 50.3 Å². The first-order chi connectivity index (χ1) is 21.5. The molecule has 0 aliphatic carbocycles. The van der Waals surface area contributed by atoms with Gasteiger partial charge in [-0.15, -0.1) is 0 Å². The highest BCUT2D eigenvalue weighted by atomic mass is 32.2. The number of ether oxygens (including phenoxy) is 1. The number of imidazole rings is 2. The normalized spacial score (nSPS) is 18.3. The summed E-state index contributed by atoms with van der Waals surface area (Å²) in [6, 6.07) is 1.68. The SMILES string of the molecule is CC1=N[C@@](OC(=O)c2cc3nc4n(c3cc2S(C)(=O)=O)CCNC4)(C(F)(F)F)N(C(C)C)C=C1.O=C(O)c1nccn2ccnc12. The number of nitrogens with one attached hydrogen (secondary N) is 1. The van der Waals surface area contributed by atoms with Crippen molar-refractivity contribution in [1.82, 2.24) is 34.1 Å². The molecule has 0 amide bonds. The predicted octanol–water partition coefficient (Wildman–Crippen LogP) is 3.04. The minimum atomic E-state index is -5.12. The van der Waals surface area contributed by atoms with E-state index in [0.717, 1.165) is 17.4 Å². The number of carboxylic acid groups (broad SMARTS) is 1. The zero-order valence-electron chi connectivity index (χ0n) is 25.0. The first-order valence-electron chi connectivity index (χ1n) is 13.8. The zero-order valence-corrected chi connectivity index (χ0v) is 25.8. The third kappa shape index (κ3) is 5.92. The summed E-state index contributed by atoms with van der Waals surface area (Å²) in [6.07, 6.45) is 4.57. The number of alkyl halides is 3. The van der Waals surface area contributed by atoms with Crippen LogP contribution in [0.5, 0.6) is 0 Å². The number of carbonyl (C=O) groups is 2. The fourth-order valence-corrected chi connectivity index (χ4v) is 5.99. The number of fused-ring (bicyclic) bond motifs is 4. The first-order valence-corrected chi connectivity index (χ1v) is 15.7. The number of aromatic carboxylic acids is 1. The Morgan fingerprint density at radius 1 is 1.15 bits per heavy atom. The van der Waals surface area contributed by atoms with E-state index in [2.05, 4.69) is 25.3 Å². The third-order valence-electron chi connectivity index (χ3n) is 7.17. The van der Waals surface area contributed by atoms with E-state index in [1.165, 1.54) is 51.4 Å². The Labute approximate surface area is 260 Å². The number of carbonyl (C=O) groups excluding carboxylic acids is 1. The fraction of sp³-hybridized carbons (Fsp3) is 0.357. The maximum Gasteiger partial charge on any atom is 0.473 e. The molecule has 2 aliphatic rings. The Morgan fingerprint density at radius 2 is 1.85 bits per heavy atom. The quantitative estimate of drug-likeness (QED) is 0.301. The summed E-state index contributed by atoms with van der Waals surface area (Å²) in [7, 11) is -4.01. The monoisotopic (exact) mass is 662 g/mol. The second-order valence-corrected chi connectivity index (χ2v) is 12.8. The van der Waals surface area contributed by atoms with Crippen LogP contribution in [0.15, 0.2) is 59.1 Å². The van der Waals surface area contributed by atoms with Crippen molar-refractivity contribution in [3.8, 4) is 0 Å². The molecule has 0 unspecified atom stereocenters. The van der Waals surface area contributed by atoms with E-state index in [4.69, 9.17) is 9.84 Å². The fourth-order valence-electron chi connectivity index (χ4n) is 5.12. The Morgan fingerprint density at radius 3 is 2.48 bits per heavy atom. The average Bonchev–Trinajstić information content (AvgIpc) is 3.60. The largest absolute Gasteiger partial charge is 0.476 e. The third-order valence-corrected chi connectivity index (χ3v) is 8.31. The molecule has 46 heavy (non-hydrogen) atoms. The Kier molecular flexibility index (Phi) is 8.37. The van der Waals surface area contributed by atoms with Gasteiger partial charge in [-0.25, -0.2) is 38.0 Å². The lowest BCUT2D eigenvalue weighted by molar-refractivity contribution is -0.306. The van der Waals surface area contributed by atoms with Crippen LogP contribution in [-0.4, -0.2) is 90.9 Å². The van der Waals surface area contributed by atoms with E-state index in [-0.39, 0.29) is 16.9 Å². The van der Waals surface area contributed by atoms with Crippen LogP contribution in [0.25, 0.3) is 16.7 Å². The minimum absolute atomic E-state index is 0.00455. The van der Waals surface area contributed by atoms with Gasteiger partial charge in [-0.2, -0.15) is 13.2 Å². The Balaban J connectivity index is 0.000000289. The summed E-state index contributed by atoms with van der Waals surface area (Å²) < 4.78 is 76.8. The molecular formula is C28H29F3N8O6S. The van der Waals surface area contributed by atoms with Crippen LogP contribution < -0.4 is 5.32 Å². The second kappa shape index (κ2) is 11.8. The van der Waals surface area contributed by atoms with Gasteiger partial charge in [-0.3, -0.25) is 0 Å². The van der Waals surface area contributed by atoms with Crippen LogP contribution in [-0.2, 0) is 27.7 Å². The number of carboxylic acids is 1. The number of rotatable bonds is 5. The lowest BCUT2D eigenvalue weighted by Gasteiger charge is -2.43. The van der Waals surface area contributed by atoms with Gasteiger partial charge in [0, 0.05) is 62.1 Å². The number of aliphatic imine (C=N–C) groups is 1. The standard InChI is InChI=1S/C21H24F3N5O4S.C7H5N3O2/c1-12(2)29-7-5-13(3)27-21(29,20(22,23)24)33-19(30)14-9-15-16(10-17(14)34(4,31)32)28-8-6-25-11-18(28)26-15;11-7(12)5-6-9-2-4-10(6)3-1-8-5/h5,7,9-10,12,25H,6,8,11H2,1-4H3;1-4H,(H,11,12)/t21-;/m0./s1. The molecule has 244 valence electrons. The van der Waals surface area contributed by atoms with Crippen molar-refractivity contribution in [3.05, 3.63) is 66.3 Å². The summed E-state index contributed by atoms with van der Waals surface area (Å²) in [5.41, 5.74) is 0.552. The smallest absolute Gasteiger partial charge is 0.473 e. The van der Waals surface area contributed by atoms with Crippen LogP contribution in [0.2, 0.25) is 0 Å². The van der Waals surface area contributed by atoms with Crippen molar-refractivity contribution < 1.29 is 41.0 Å². The molecular weight excluding hydrogens is 633 g/mol. The second-order valence-electron chi connectivity index (χ2n) is 10.8. The lowest BCUT2D eigenvalue weighted by atomic mass is 10.1. The molecule has 2 N–H and O–H groups in total. The predicted molar refractivity (Wildman–Crippen MR) is 158 cm³/mol. The van der Waals surface area contributed by atoms with Crippen LogP contribution in [0.1, 0.15) is 47.4 Å². The maximum atomic E-state index is 14.4. The van der Waals surface area contributed by atoms with E-state index >= 15 is 0 Å². The summed E-state index contributed by atoms with van der Waals surface area (Å²) in [6.45, 7) is 5.93. The van der Waals surface area contributed by atoms with Gasteiger partial charge in [0.25, 0.3) is 0 Å². The molecule has 1 aromatic carbocycles. The molecule has 6 rings (SSSR count). The number of hydrogen-bond acceptors (Lipinski definition) is 11. The highest BCUT2D eigenvalue weighted by Gasteiger charge is 2.64. The molecule has 14 nitrogen and oxygen atoms in total. The van der Waals surface area contributed by atoms with E-state index in [1.807, 2.05) is 4.57 Å². The van der Waals surface area contributed by atoms with Crippen LogP contribution >= 0.6 is 0 Å². The topological polar surface area (TPSA) is 173 Å². The molecule has 0 spiro atoms. The van der Waals surface area contributed by atoms with Gasteiger partial charge in [-0.1, -0.05) is 0 Å². The number of benzene rings is 1. The van der Waals surface area contributed by atoms with E-state index in [9.17, 15) is 31.2 Å². The van der Waals surface area contributed by atoms with Crippen molar-refractivity contribution in [3.63, 3.8) is 0 Å². The van der Waals surface area contributed by atoms with E-state index in [1.54, 1.807) is 16.8 Å². The zero-order chi connectivity index (χ0) is 33.6. The molecule has 4 aromatic rings. The Hall–Kier alpha value is -4.84. The number of sulfone groups is 1. The molecule has 3 aromatic heterocycles. The molecule has 2 aliphatic heterocycles. The lowest BCUT2D eigenvalue weighted by Crippen LogP contribution is -2.61. The highest BCUT2D eigenvalue weighted by Crippen LogP contribution is 2.42. The highest BCUT2D eigenvalue weighted by molar-refractivity contribution is 7.90. The van der Waals surface area contributed by atoms with Gasteiger partial charge in [-0.05, 0) is 39.0 Å². The van der Waals surface area contributed by atoms with Crippen molar-refractivity contribution >= 4 is 44.2 Å². The van der Waals surface area contributed by atoms with Gasteiger partial charge in [0.05, 0.1) is 28.0 Å². The van der Waals surface area contributed by atoms with E-state index in [0.29, 0.717) is 36.6 Å². The maximum absolute atomic E-state index is 14.4. The summed E-state index contributed by atoms with van der Waals surface area (Å²) in [4.78, 5) is 39.8. The van der Waals surface area contributed by atoms with Gasteiger partial charge in [0.1, 0.15) is 5.82 Å². The molecule has 0 bridgehead atoms. The van der Waals surface area contributed by atoms with Gasteiger partial charge >= 0.3 is 24.0 Å². The molecule has 5 heterocycles. The summed E-state index contributed by atoms with van der Waals surface area (Å²) in [5.74, 6) is -5.26. The average molecular weight is 663 g/mol.